The van der Waals surface area contributed by atoms with Crippen LogP contribution in [0.15, 0.2) is 35.9 Å². The number of allylic oxidation sites excluding steroid dienone is 1. The third-order valence-electron chi connectivity index (χ3n) is 5.70. The van der Waals surface area contributed by atoms with Crippen LogP contribution in [0.25, 0.3) is 0 Å². The minimum absolute atomic E-state index is 0.0447. The Hall–Kier alpha value is -3.95. The van der Waals surface area contributed by atoms with Gasteiger partial charge in [-0.3, -0.25) is 19.1 Å². The summed E-state index contributed by atoms with van der Waals surface area (Å²) in [6.45, 7) is 4.84. The van der Waals surface area contributed by atoms with Gasteiger partial charge < -0.3 is 29.2 Å². The van der Waals surface area contributed by atoms with Gasteiger partial charge in [0.1, 0.15) is 19.4 Å². The number of alkyl halides is 3. The fourth-order valence-corrected chi connectivity index (χ4v) is 4.78. The van der Waals surface area contributed by atoms with Crippen molar-refractivity contribution in [3.05, 3.63) is 41.5 Å². The molecule has 2 N–H and O–H groups in total. The Kier molecular flexibility index (Phi) is 17.5. The first-order valence-corrected chi connectivity index (χ1v) is 15.5. The van der Waals surface area contributed by atoms with Crippen LogP contribution in [0.2, 0.25) is 0 Å². The van der Waals surface area contributed by atoms with Crippen LogP contribution >= 0.6 is 7.60 Å². The molecule has 1 aromatic rings. The maximum Gasteiger partial charge on any atom is 0.471 e. The standard InChI is InChI=1S/C28H37F3N5O8P/c1-4-36(20-41-18-21(2)8-5-17-45(40,43-15-6-13-32)44-16-7-14-33)27(39)42-19-23-9-11-24(12-10-23)35-25(37)22(3)34-26(38)28(29,30)31/h8-12,22H,4-7,15-20H2,1-3H3,(H,34,38)(H,35,37)/b21-8+/t22-/m0/s1. The van der Waals surface area contributed by atoms with Crippen molar-refractivity contribution in [2.75, 3.05) is 44.6 Å². The predicted octanol–water partition coefficient (Wildman–Crippen LogP) is 5.01. The first-order chi connectivity index (χ1) is 21.2. The van der Waals surface area contributed by atoms with E-state index in [1.54, 1.807) is 37.4 Å². The summed E-state index contributed by atoms with van der Waals surface area (Å²) < 4.78 is 71.4. The minimum atomic E-state index is -5.11. The second kappa shape index (κ2) is 20.2. The van der Waals surface area contributed by atoms with Crippen LogP contribution in [0.3, 0.4) is 0 Å². The maximum atomic E-state index is 12.8. The highest BCUT2D eigenvalue weighted by Crippen LogP contribution is 2.49. The fourth-order valence-electron chi connectivity index (χ4n) is 3.26. The van der Waals surface area contributed by atoms with E-state index in [1.165, 1.54) is 17.0 Å². The Balaban J connectivity index is 2.50. The monoisotopic (exact) mass is 659 g/mol. The van der Waals surface area contributed by atoms with E-state index in [0.29, 0.717) is 18.5 Å². The molecule has 0 aromatic heterocycles. The SMILES string of the molecule is CCN(COC/C(C)=C/CCP(=O)(OCCC#N)OCCC#N)C(=O)OCc1ccc(NC(=O)[C@H](C)NC(=O)C(F)(F)F)cc1. The van der Waals surface area contributed by atoms with Crippen molar-refractivity contribution in [3.63, 3.8) is 0 Å². The van der Waals surface area contributed by atoms with Crippen LogP contribution in [0.5, 0.6) is 0 Å². The third kappa shape index (κ3) is 16.1. The molecule has 13 nitrogen and oxygen atoms in total. The van der Waals surface area contributed by atoms with Crippen molar-refractivity contribution in [2.45, 2.75) is 58.9 Å². The third-order valence-corrected chi connectivity index (χ3v) is 7.66. The molecule has 0 aliphatic rings. The number of hydrogen-bond donors (Lipinski definition) is 2. The minimum Gasteiger partial charge on any atom is -0.444 e. The first kappa shape index (κ1) is 39.1. The average Bonchev–Trinajstić information content (AvgIpc) is 2.98. The maximum absolute atomic E-state index is 12.8. The van der Waals surface area contributed by atoms with E-state index >= 15 is 0 Å². The lowest BCUT2D eigenvalue weighted by molar-refractivity contribution is -0.174. The quantitative estimate of drug-likeness (QED) is 0.0887. The number of hydrogen-bond acceptors (Lipinski definition) is 10. The smallest absolute Gasteiger partial charge is 0.444 e. The Morgan fingerprint density at radius 2 is 1.69 bits per heavy atom. The molecule has 17 heteroatoms. The molecule has 0 heterocycles. The number of amides is 3. The molecule has 1 aromatic carbocycles. The Morgan fingerprint density at radius 1 is 1.09 bits per heavy atom. The summed E-state index contributed by atoms with van der Waals surface area (Å²) in [5.74, 6) is -3.07. The number of ether oxygens (including phenoxy) is 2. The lowest BCUT2D eigenvalue weighted by atomic mass is 10.2. The van der Waals surface area contributed by atoms with Gasteiger partial charge in [-0.05, 0) is 44.9 Å². The Morgan fingerprint density at radius 3 is 2.22 bits per heavy atom. The van der Waals surface area contributed by atoms with Crippen LogP contribution < -0.4 is 10.6 Å². The molecule has 0 saturated carbocycles. The van der Waals surface area contributed by atoms with E-state index in [-0.39, 0.29) is 57.8 Å². The van der Waals surface area contributed by atoms with E-state index < -0.39 is 37.7 Å². The zero-order valence-corrected chi connectivity index (χ0v) is 26.1. The lowest BCUT2D eigenvalue weighted by Gasteiger charge is -2.20. The largest absolute Gasteiger partial charge is 0.471 e. The highest BCUT2D eigenvalue weighted by atomic mass is 31.2. The van der Waals surface area contributed by atoms with Crippen LogP contribution in [-0.2, 0) is 39.3 Å². The molecule has 248 valence electrons. The van der Waals surface area contributed by atoms with E-state index in [1.807, 2.05) is 12.1 Å². The second-order valence-electron chi connectivity index (χ2n) is 9.42. The molecule has 1 atom stereocenters. The first-order valence-electron chi connectivity index (χ1n) is 13.8. The van der Waals surface area contributed by atoms with Gasteiger partial charge >= 0.3 is 25.8 Å². The normalized spacial score (nSPS) is 12.4. The van der Waals surface area contributed by atoms with Crippen molar-refractivity contribution in [2.24, 2.45) is 0 Å². The topological polar surface area (TPSA) is 180 Å². The molecular weight excluding hydrogens is 622 g/mol. The molecule has 0 saturated heterocycles. The van der Waals surface area contributed by atoms with E-state index in [4.69, 9.17) is 29.0 Å². The fraction of sp³-hybridized carbons (Fsp3) is 0.536. The zero-order valence-electron chi connectivity index (χ0n) is 25.2. The molecule has 0 spiro atoms. The Labute approximate surface area is 259 Å². The van der Waals surface area contributed by atoms with Crippen molar-refractivity contribution >= 4 is 31.2 Å². The van der Waals surface area contributed by atoms with Gasteiger partial charge in [-0.25, -0.2) is 4.79 Å². The zero-order chi connectivity index (χ0) is 33.9. The highest BCUT2D eigenvalue weighted by molar-refractivity contribution is 7.53. The summed E-state index contributed by atoms with van der Waals surface area (Å²) in [5, 5.41) is 21.3. The molecule has 1 rings (SSSR count). The average molecular weight is 660 g/mol. The second-order valence-corrected chi connectivity index (χ2v) is 11.6. The van der Waals surface area contributed by atoms with Gasteiger partial charge in [-0.2, -0.15) is 23.7 Å². The van der Waals surface area contributed by atoms with Gasteiger partial charge in [0, 0.05) is 12.2 Å². The highest BCUT2D eigenvalue weighted by Gasteiger charge is 2.40. The van der Waals surface area contributed by atoms with E-state index in [0.717, 1.165) is 12.5 Å². The molecule has 0 aliphatic heterocycles. The number of nitrogens with zero attached hydrogens (tertiary/aromatic N) is 3. The summed E-state index contributed by atoms with van der Waals surface area (Å²) in [6, 6.07) is 8.38. The molecule has 0 bridgehead atoms. The molecule has 0 aliphatic carbocycles. The number of carbonyl (C=O) groups is 3. The molecule has 0 radical (unpaired) electrons. The summed E-state index contributed by atoms with van der Waals surface area (Å²) in [6.07, 6.45) is -3.47. The molecule has 0 fully saturated rings. The predicted molar refractivity (Wildman–Crippen MR) is 155 cm³/mol. The summed E-state index contributed by atoms with van der Waals surface area (Å²) in [7, 11) is -3.47. The molecule has 0 unspecified atom stereocenters. The van der Waals surface area contributed by atoms with Crippen molar-refractivity contribution < 1.29 is 50.6 Å². The summed E-state index contributed by atoms with van der Waals surface area (Å²) >= 11 is 0. The molecular formula is C28H37F3N5O8P. The molecule has 3 amide bonds. The van der Waals surface area contributed by atoms with Gasteiger partial charge in [-0.15, -0.1) is 0 Å². The number of rotatable bonds is 19. The number of nitrogens with one attached hydrogen (secondary N) is 2. The van der Waals surface area contributed by atoms with E-state index in [9.17, 15) is 32.1 Å². The van der Waals surface area contributed by atoms with Crippen molar-refractivity contribution in [1.29, 1.82) is 10.5 Å². The number of benzene rings is 1. The van der Waals surface area contributed by atoms with E-state index in [2.05, 4.69) is 5.32 Å². The number of halogens is 3. The van der Waals surface area contributed by atoms with Gasteiger partial charge in [0.05, 0.1) is 51.0 Å². The lowest BCUT2D eigenvalue weighted by Crippen LogP contribution is -2.47. The van der Waals surface area contributed by atoms with Gasteiger partial charge in [-0.1, -0.05) is 23.8 Å². The van der Waals surface area contributed by atoms with Crippen LogP contribution in [0.4, 0.5) is 23.7 Å². The molecule has 45 heavy (non-hydrogen) atoms. The van der Waals surface area contributed by atoms with Crippen LogP contribution in [0, 0.1) is 22.7 Å². The number of anilines is 1. The number of nitriles is 2. The van der Waals surface area contributed by atoms with Gasteiger partial charge in [0.25, 0.3) is 0 Å². The summed E-state index contributed by atoms with van der Waals surface area (Å²) in [5.41, 5.74) is 1.63. The van der Waals surface area contributed by atoms with Gasteiger partial charge in [0.15, 0.2) is 0 Å². The van der Waals surface area contributed by atoms with Crippen molar-refractivity contribution in [3.8, 4) is 12.1 Å². The summed E-state index contributed by atoms with van der Waals surface area (Å²) in [4.78, 5) is 36.9. The van der Waals surface area contributed by atoms with Crippen molar-refractivity contribution in [1.82, 2.24) is 10.2 Å². The number of carbonyl (C=O) groups excluding carboxylic acids is 3. The van der Waals surface area contributed by atoms with Crippen LogP contribution in [-0.4, -0.2) is 74.3 Å². The Bertz CT molecular complexity index is 1250. The van der Waals surface area contributed by atoms with Gasteiger partial charge in [0.2, 0.25) is 5.91 Å². The van der Waals surface area contributed by atoms with Crippen LogP contribution in [0.1, 0.15) is 45.6 Å².